The first-order valence-electron chi connectivity index (χ1n) is 9.84. The third-order valence-corrected chi connectivity index (χ3v) is 5.25. The minimum atomic E-state index is -0.651. The Kier molecular flexibility index (Phi) is 5.69. The lowest BCUT2D eigenvalue weighted by Crippen LogP contribution is -2.37. The lowest BCUT2D eigenvalue weighted by Gasteiger charge is -2.26. The average Bonchev–Trinajstić information content (AvgIpc) is 3.17. The van der Waals surface area contributed by atoms with E-state index >= 15 is 0 Å². The van der Waals surface area contributed by atoms with Crippen molar-refractivity contribution in [1.29, 1.82) is 0 Å². The summed E-state index contributed by atoms with van der Waals surface area (Å²) in [6.07, 6.45) is 0.960. The molecule has 0 spiro atoms. The summed E-state index contributed by atoms with van der Waals surface area (Å²) in [4.78, 5) is 0. The highest BCUT2D eigenvalue weighted by Crippen LogP contribution is 2.40. The fourth-order valence-electron chi connectivity index (χ4n) is 3.85. The van der Waals surface area contributed by atoms with Gasteiger partial charge >= 0.3 is 0 Å². The minimum absolute atomic E-state index is 0.0652. The summed E-state index contributed by atoms with van der Waals surface area (Å²) in [6.45, 7) is 4.31. The van der Waals surface area contributed by atoms with Gasteiger partial charge in [-0.25, -0.2) is 0 Å². The van der Waals surface area contributed by atoms with Gasteiger partial charge in [-0.05, 0) is 49.9 Å². The van der Waals surface area contributed by atoms with Crippen LogP contribution >= 0.6 is 0 Å². The second-order valence-corrected chi connectivity index (χ2v) is 7.79. The van der Waals surface area contributed by atoms with Gasteiger partial charge in [0.15, 0.2) is 12.1 Å². The maximum Gasteiger partial charge on any atom is 0.190 e. The maximum absolute atomic E-state index is 6.30. The second kappa shape index (κ2) is 8.21. The number of aryl methyl sites for hydroxylation is 1. The number of methoxy groups -OCH3 is 1. The van der Waals surface area contributed by atoms with Crippen LogP contribution < -0.4 is 4.74 Å². The van der Waals surface area contributed by atoms with E-state index in [0.29, 0.717) is 6.61 Å². The molecule has 0 aliphatic carbocycles. The van der Waals surface area contributed by atoms with Gasteiger partial charge in [0.2, 0.25) is 0 Å². The van der Waals surface area contributed by atoms with Crippen LogP contribution in [-0.4, -0.2) is 37.5 Å². The molecule has 5 nitrogen and oxygen atoms in total. The van der Waals surface area contributed by atoms with Gasteiger partial charge < -0.3 is 23.7 Å². The maximum atomic E-state index is 6.30. The summed E-state index contributed by atoms with van der Waals surface area (Å²) in [6, 6.07) is 18.3. The summed E-state index contributed by atoms with van der Waals surface area (Å²) >= 11 is 0. The number of hydrogen-bond donors (Lipinski definition) is 0. The van der Waals surface area contributed by atoms with Crippen LogP contribution in [0.15, 0.2) is 54.6 Å². The van der Waals surface area contributed by atoms with E-state index in [1.165, 1.54) is 5.56 Å². The van der Waals surface area contributed by atoms with Crippen LogP contribution in [0.25, 0.3) is 0 Å². The third kappa shape index (κ3) is 4.39. The molecule has 0 aromatic heterocycles. The predicted octanol–water partition coefficient (Wildman–Crippen LogP) is 4.09. The van der Waals surface area contributed by atoms with Crippen molar-refractivity contribution in [2.75, 3.05) is 7.11 Å². The zero-order valence-corrected chi connectivity index (χ0v) is 16.7. The number of ether oxygens (including phenoxy) is 5. The first-order chi connectivity index (χ1) is 13.5. The van der Waals surface area contributed by atoms with E-state index in [1.54, 1.807) is 7.11 Å². The van der Waals surface area contributed by atoms with Crippen LogP contribution in [0, 0.1) is 0 Å². The fraction of sp³-hybridized carbons (Fsp3) is 0.478. The summed E-state index contributed by atoms with van der Waals surface area (Å²) < 4.78 is 29.7. The molecule has 2 aliphatic heterocycles. The molecule has 0 bridgehead atoms. The van der Waals surface area contributed by atoms with Crippen molar-refractivity contribution in [2.24, 2.45) is 0 Å². The van der Waals surface area contributed by atoms with Crippen LogP contribution in [0.5, 0.6) is 5.75 Å². The van der Waals surface area contributed by atoms with E-state index in [-0.39, 0.29) is 24.6 Å². The smallest absolute Gasteiger partial charge is 0.190 e. The molecule has 2 aromatic rings. The number of benzene rings is 2. The summed E-state index contributed by atoms with van der Waals surface area (Å²) in [5, 5.41) is 0. The molecule has 2 fully saturated rings. The van der Waals surface area contributed by atoms with E-state index < -0.39 is 5.79 Å². The Morgan fingerprint density at radius 3 is 2.39 bits per heavy atom. The molecule has 2 unspecified atom stereocenters. The third-order valence-electron chi connectivity index (χ3n) is 5.25. The lowest BCUT2D eigenvalue weighted by molar-refractivity contribution is -0.219. The molecule has 2 aromatic carbocycles. The Morgan fingerprint density at radius 1 is 0.929 bits per heavy atom. The molecule has 28 heavy (non-hydrogen) atoms. The van der Waals surface area contributed by atoms with Crippen molar-refractivity contribution < 1.29 is 23.7 Å². The predicted molar refractivity (Wildman–Crippen MR) is 105 cm³/mol. The van der Waals surface area contributed by atoms with Gasteiger partial charge in [0.05, 0.1) is 19.8 Å². The highest BCUT2D eigenvalue weighted by Gasteiger charge is 2.55. The van der Waals surface area contributed by atoms with Crippen molar-refractivity contribution in [3.05, 3.63) is 65.7 Å². The molecule has 2 saturated heterocycles. The van der Waals surface area contributed by atoms with Gasteiger partial charge in [0, 0.05) is 0 Å². The van der Waals surface area contributed by atoms with E-state index in [9.17, 15) is 0 Å². The molecule has 0 radical (unpaired) electrons. The first-order valence-corrected chi connectivity index (χ1v) is 9.84. The normalized spacial score (nSPS) is 28.2. The Labute approximate surface area is 166 Å². The van der Waals surface area contributed by atoms with Gasteiger partial charge in [0.25, 0.3) is 0 Å². The Balaban J connectivity index is 1.42. The Hall–Kier alpha value is -1.92. The highest BCUT2D eigenvalue weighted by atomic mass is 16.8. The Bertz CT molecular complexity index is 758. The van der Waals surface area contributed by atoms with Crippen molar-refractivity contribution in [1.82, 2.24) is 0 Å². The molecule has 4 atom stereocenters. The van der Waals surface area contributed by atoms with Gasteiger partial charge in [-0.1, -0.05) is 42.5 Å². The lowest BCUT2D eigenvalue weighted by atomic mass is 10.0. The van der Waals surface area contributed by atoms with Gasteiger partial charge in [-0.15, -0.1) is 0 Å². The SMILES string of the molecule is COc1ccc(COC2C3OC(C)(C)O[C@H]3O[C@@H]2CCc2ccccc2)cc1. The van der Waals surface area contributed by atoms with E-state index in [2.05, 4.69) is 24.3 Å². The minimum Gasteiger partial charge on any atom is -0.497 e. The monoisotopic (exact) mass is 384 g/mol. The fourth-order valence-corrected chi connectivity index (χ4v) is 3.85. The standard InChI is InChI=1S/C23H28O5/c1-23(2)27-21-20(25-15-17-9-12-18(24-3)13-10-17)19(26-22(21)28-23)14-11-16-7-5-4-6-8-16/h4-10,12-13,19-22H,11,14-15H2,1-3H3/t19-,20?,21?,22-/m1/s1. The first kappa shape index (κ1) is 19.4. The van der Waals surface area contributed by atoms with Gasteiger partial charge in [0.1, 0.15) is 18.0 Å². The van der Waals surface area contributed by atoms with Crippen molar-refractivity contribution in [3.8, 4) is 5.75 Å². The quantitative estimate of drug-likeness (QED) is 0.720. The summed E-state index contributed by atoms with van der Waals surface area (Å²) in [5.41, 5.74) is 2.38. The van der Waals surface area contributed by atoms with Gasteiger partial charge in [-0.3, -0.25) is 0 Å². The molecule has 2 aliphatic rings. The average molecular weight is 384 g/mol. The number of fused-ring (bicyclic) bond motifs is 1. The zero-order chi connectivity index (χ0) is 19.6. The van der Waals surface area contributed by atoms with Crippen LogP contribution in [0.4, 0.5) is 0 Å². The van der Waals surface area contributed by atoms with Crippen LogP contribution in [0.3, 0.4) is 0 Å². The topological polar surface area (TPSA) is 46.2 Å². The molecule has 0 saturated carbocycles. The van der Waals surface area contributed by atoms with Crippen molar-refractivity contribution >= 4 is 0 Å². The zero-order valence-electron chi connectivity index (χ0n) is 16.7. The number of rotatable bonds is 7. The van der Waals surface area contributed by atoms with E-state index in [0.717, 1.165) is 24.2 Å². The molecule has 5 heteroatoms. The van der Waals surface area contributed by atoms with Crippen LogP contribution in [-0.2, 0) is 32.0 Å². The molecule has 2 heterocycles. The molecular weight excluding hydrogens is 356 g/mol. The van der Waals surface area contributed by atoms with E-state index in [4.69, 9.17) is 23.7 Å². The second-order valence-electron chi connectivity index (χ2n) is 7.79. The van der Waals surface area contributed by atoms with Crippen molar-refractivity contribution in [2.45, 2.75) is 63.7 Å². The Morgan fingerprint density at radius 2 is 1.68 bits per heavy atom. The van der Waals surface area contributed by atoms with Crippen molar-refractivity contribution in [3.63, 3.8) is 0 Å². The molecule has 0 N–H and O–H groups in total. The van der Waals surface area contributed by atoms with E-state index in [1.807, 2.05) is 44.2 Å². The molecule has 0 amide bonds. The largest absolute Gasteiger partial charge is 0.497 e. The summed E-state index contributed by atoms with van der Waals surface area (Å²) in [5.74, 6) is 0.185. The van der Waals surface area contributed by atoms with Crippen LogP contribution in [0.1, 0.15) is 31.4 Å². The number of hydrogen-bond acceptors (Lipinski definition) is 5. The molecular formula is C23H28O5. The van der Waals surface area contributed by atoms with Gasteiger partial charge in [-0.2, -0.15) is 0 Å². The highest BCUT2D eigenvalue weighted by molar-refractivity contribution is 5.26. The summed E-state index contributed by atoms with van der Waals surface area (Å²) in [7, 11) is 1.66. The molecule has 150 valence electrons. The molecule has 4 rings (SSSR count). The van der Waals surface area contributed by atoms with Crippen LogP contribution in [0.2, 0.25) is 0 Å².